The summed E-state index contributed by atoms with van der Waals surface area (Å²) >= 11 is 5.94. The van der Waals surface area contributed by atoms with E-state index in [4.69, 9.17) is 16.3 Å². The van der Waals surface area contributed by atoms with E-state index in [1.165, 1.54) is 22.1 Å². The highest BCUT2D eigenvalue weighted by Crippen LogP contribution is 2.38. The van der Waals surface area contributed by atoms with Crippen LogP contribution in [0.2, 0.25) is 30.7 Å². The van der Waals surface area contributed by atoms with Gasteiger partial charge in [-0.25, -0.2) is 4.98 Å². The molecule has 4 rings (SSSR count). The summed E-state index contributed by atoms with van der Waals surface area (Å²) in [4.78, 5) is 34.0. The van der Waals surface area contributed by atoms with Gasteiger partial charge in [0.15, 0.2) is 0 Å². The second-order valence-corrected chi connectivity index (χ2v) is 17.3. The maximum atomic E-state index is 13.7. The molecule has 2 aromatic heterocycles. The molecule has 1 aliphatic heterocycles. The summed E-state index contributed by atoms with van der Waals surface area (Å²) in [5.74, 6) is -0.653. The molecule has 1 aromatic carbocycles. The fraction of sp³-hybridized carbons (Fsp3) is 0.462. The summed E-state index contributed by atoms with van der Waals surface area (Å²) in [6.45, 7) is 9.41. The average molecular weight is 631 g/mol. The molecule has 15 heteroatoms. The van der Waals surface area contributed by atoms with Crippen molar-refractivity contribution in [3.8, 4) is 11.3 Å². The van der Waals surface area contributed by atoms with Gasteiger partial charge in [-0.3, -0.25) is 14.3 Å². The minimum absolute atomic E-state index is 0. The van der Waals surface area contributed by atoms with Gasteiger partial charge in [0.05, 0.1) is 34.1 Å². The van der Waals surface area contributed by atoms with Crippen LogP contribution >= 0.6 is 25.1 Å². The van der Waals surface area contributed by atoms with E-state index >= 15 is 0 Å². The van der Waals surface area contributed by atoms with Crippen molar-refractivity contribution in [2.24, 2.45) is 0 Å². The normalized spacial score (nSPS) is 15.5. The van der Waals surface area contributed by atoms with Crippen molar-refractivity contribution in [2.75, 3.05) is 32.1 Å². The molecule has 0 unspecified atom stereocenters. The maximum absolute atomic E-state index is 13.7. The van der Waals surface area contributed by atoms with Crippen molar-refractivity contribution < 1.29 is 27.5 Å². The van der Waals surface area contributed by atoms with Gasteiger partial charge >= 0.3 is 6.18 Å². The van der Waals surface area contributed by atoms with Crippen LogP contribution in [0.5, 0.6) is 0 Å². The zero-order valence-corrected chi connectivity index (χ0v) is 26.5. The predicted molar refractivity (Wildman–Crippen MR) is 159 cm³/mol. The van der Waals surface area contributed by atoms with E-state index in [0.29, 0.717) is 17.9 Å². The Balaban J connectivity index is 0.00000462. The van der Waals surface area contributed by atoms with Gasteiger partial charge in [0.2, 0.25) is 5.82 Å². The lowest BCUT2D eigenvalue weighted by molar-refractivity contribution is -0.137. The lowest BCUT2D eigenvalue weighted by atomic mass is 10.1. The molecule has 0 fully saturated rings. The highest BCUT2D eigenvalue weighted by atomic mass is 35.5. The largest absolute Gasteiger partial charge is 0.417 e. The molecule has 0 saturated heterocycles. The second kappa shape index (κ2) is 12.2. The summed E-state index contributed by atoms with van der Waals surface area (Å²) in [5, 5.41) is 3.91. The summed E-state index contributed by atoms with van der Waals surface area (Å²) < 4.78 is 48.7. The van der Waals surface area contributed by atoms with Crippen molar-refractivity contribution in [3.63, 3.8) is 0 Å². The molecule has 0 radical (unpaired) electrons. The van der Waals surface area contributed by atoms with E-state index in [2.05, 4.69) is 29.7 Å². The Morgan fingerprint density at radius 2 is 1.93 bits per heavy atom. The number of ether oxygens (including phenoxy) is 1. The van der Waals surface area contributed by atoms with E-state index in [1.54, 1.807) is 29.5 Å². The average Bonchev–Trinajstić information content (AvgIpc) is 3.47. The molecule has 224 valence electrons. The lowest BCUT2D eigenvalue weighted by Gasteiger charge is -2.32. The standard InChI is InChI=1S/C26H32ClF3N6O3Si.H2S/c1-16-13-35(17-7-8-19(20(27)11-17)26(28,29)30)24(37)22-18(12-31-36(16)22)21-14-34(15-39-9-10-40(4,5)6)23(32-21)25(38)33(2)3;/h7-8,11-12,14,16H,9-10,13,15H2,1-6H3;1H2/t16-;/m0./s1. The van der Waals surface area contributed by atoms with Gasteiger partial charge in [-0.05, 0) is 31.2 Å². The number of hydrogen-bond acceptors (Lipinski definition) is 5. The minimum Gasteiger partial charge on any atom is -0.361 e. The molecule has 3 aromatic rings. The van der Waals surface area contributed by atoms with Gasteiger partial charge in [-0.1, -0.05) is 31.2 Å². The Hall–Kier alpha value is -2.81. The van der Waals surface area contributed by atoms with Crippen LogP contribution < -0.4 is 4.90 Å². The number of alkyl halides is 3. The fourth-order valence-corrected chi connectivity index (χ4v) is 5.37. The van der Waals surface area contributed by atoms with Crippen molar-refractivity contribution in [1.82, 2.24) is 24.2 Å². The van der Waals surface area contributed by atoms with Crippen LogP contribution in [0, 0.1) is 0 Å². The number of carbonyl (C=O) groups excluding carboxylic acids is 2. The first kappa shape index (κ1) is 32.7. The Bertz CT molecular complexity index is 1440. The number of carbonyl (C=O) groups is 2. The van der Waals surface area contributed by atoms with Gasteiger partial charge in [0, 0.05) is 47.2 Å². The number of imidazole rings is 1. The zero-order valence-electron chi connectivity index (χ0n) is 23.7. The maximum Gasteiger partial charge on any atom is 0.417 e. The van der Waals surface area contributed by atoms with Gasteiger partial charge in [0.1, 0.15) is 12.4 Å². The van der Waals surface area contributed by atoms with Crippen molar-refractivity contribution in [3.05, 3.63) is 52.7 Å². The number of anilines is 1. The van der Waals surface area contributed by atoms with Crippen molar-refractivity contribution in [1.29, 1.82) is 0 Å². The molecule has 0 spiro atoms. The van der Waals surface area contributed by atoms with E-state index in [0.717, 1.165) is 18.2 Å². The smallest absolute Gasteiger partial charge is 0.361 e. The lowest BCUT2D eigenvalue weighted by Crippen LogP contribution is -2.42. The number of benzene rings is 1. The minimum atomic E-state index is -4.61. The summed E-state index contributed by atoms with van der Waals surface area (Å²) in [7, 11) is 1.93. The molecule has 0 aliphatic carbocycles. The number of halogens is 4. The van der Waals surface area contributed by atoms with E-state index in [1.807, 2.05) is 6.92 Å². The van der Waals surface area contributed by atoms with Gasteiger partial charge < -0.3 is 19.1 Å². The molecule has 2 amide bonds. The first-order valence-corrected chi connectivity index (χ1v) is 16.8. The summed E-state index contributed by atoms with van der Waals surface area (Å²) in [6, 6.07) is 3.90. The number of fused-ring (bicyclic) bond motifs is 1. The Morgan fingerprint density at radius 3 is 2.51 bits per heavy atom. The van der Waals surface area contributed by atoms with Crippen LogP contribution in [0.3, 0.4) is 0 Å². The topological polar surface area (TPSA) is 85.5 Å². The van der Waals surface area contributed by atoms with Gasteiger partial charge in [-0.15, -0.1) is 0 Å². The molecule has 1 atom stereocenters. The molecular formula is C26H34ClF3N6O3SSi. The van der Waals surface area contributed by atoms with E-state index in [9.17, 15) is 22.8 Å². The van der Waals surface area contributed by atoms with Gasteiger partial charge in [-0.2, -0.15) is 31.8 Å². The Labute approximate surface area is 249 Å². The molecule has 0 saturated carbocycles. The van der Waals surface area contributed by atoms with Crippen molar-refractivity contribution in [2.45, 2.75) is 51.6 Å². The predicted octanol–water partition coefficient (Wildman–Crippen LogP) is 5.77. The van der Waals surface area contributed by atoms with Crippen molar-refractivity contribution >= 4 is 50.7 Å². The molecule has 1 aliphatic rings. The number of nitrogens with zero attached hydrogens (tertiary/aromatic N) is 6. The molecule has 9 nitrogen and oxygen atoms in total. The molecular weight excluding hydrogens is 597 g/mol. The molecule has 41 heavy (non-hydrogen) atoms. The van der Waals surface area contributed by atoms with E-state index in [-0.39, 0.29) is 55.9 Å². The Kier molecular flexibility index (Phi) is 9.73. The third kappa shape index (κ3) is 6.99. The SMILES string of the molecule is C[C@H]1CN(c2ccc(C(F)(F)F)c(Cl)c2)C(=O)c2c(-c3cn(COCC[Si](C)(C)C)c(C(=O)N(C)C)n3)cnn21.S. The highest BCUT2D eigenvalue weighted by molar-refractivity contribution is 7.59. The van der Waals surface area contributed by atoms with Gasteiger partial charge in [0.25, 0.3) is 11.8 Å². The Morgan fingerprint density at radius 1 is 1.24 bits per heavy atom. The number of rotatable bonds is 8. The molecule has 0 bridgehead atoms. The van der Waals surface area contributed by atoms with Crippen LogP contribution in [0.1, 0.15) is 39.6 Å². The zero-order chi connectivity index (χ0) is 29.6. The first-order chi connectivity index (χ1) is 18.6. The van der Waals surface area contributed by atoms with Crippen LogP contribution in [-0.4, -0.2) is 71.4 Å². The fourth-order valence-electron chi connectivity index (χ4n) is 4.33. The summed E-state index contributed by atoms with van der Waals surface area (Å²) in [5.41, 5.74) is 0.221. The number of hydrogen-bond donors (Lipinski definition) is 0. The number of amides is 2. The third-order valence-corrected chi connectivity index (χ3v) is 8.57. The monoisotopic (exact) mass is 630 g/mol. The third-order valence-electron chi connectivity index (χ3n) is 6.55. The highest BCUT2D eigenvalue weighted by Gasteiger charge is 2.37. The second-order valence-electron chi connectivity index (χ2n) is 11.2. The first-order valence-electron chi connectivity index (χ1n) is 12.7. The van der Waals surface area contributed by atoms with Crippen LogP contribution in [0.25, 0.3) is 11.3 Å². The summed E-state index contributed by atoms with van der Waals surface area (Å²) in [6.07, 6.45) is -1.45. The number of aromatic nitrogens is 4. The van der Waals surface area contributed by atoms with Crippen LogP contribution in [0.15, 0.2) is 30.6 Å². The van der Waals surface area contributed by atoms with Crippen LogP contribution in [-0.2, 0) is 17.6 Å². The molecule has 3 heterocycles. The molecule has 0 N–H and O–H groups in total. The van der Waals surface area contributed by atoms with Crippen LogP contribution in [0.4, 0.5) is 18.9 Å². The van der Waals surface area contributed by atoms with E-state index < -0.39 is 30.7 Å². The quantitative estimate of drug-likeness (QED) is 0.233.